The minimum atomic E-state index is -1.10. The van der Waals surface area contributed by atoms with E-state index in [-0.39, 0.29) is 10.8 Å². The zero-order valence-corrected chi connectivity index (χ0v) is 13.1. The highest BCUT2D eigenvalue weighted by Crippen LogP contribution is 2.34. The van der Waals surface area contributed by atoms with Crippen LogP contribution >= 0.6 is 0 Å². The lowest BCUT2D eigenvalue weighted by Crippen LogP contribution is -2.28. The van der Waals surface area contributed by atoms with Crippen LogP contribution in [0.15, 0.2) is 23.1 Å². The molecule has 4 heteroatoms. The van der Waals surface area contributed by atoms with Crippen molar-refractivity contribution >= 4 is 16.8 Å². The minimum Gasteiger partial charge on any atom is -0.478 e. The van der Waals surface area contributed by atoms with Gasteiger partial charge in [-0.3, -0.25) is 4.21 Å². The van der Waals surface area contributed by atoms with Gasteiger partial charge in [0.1, 0.15) is 0 Å². The van der Waals surface area contributed by atoms with E-state index >= 15 is 0 Å². The maximum atomic E-state index is 12.7. The van der Waals surface area contributed by atoms with Gasteiger partial charge in [-0.1, -0.05) is 19.9 Å². The largest absolute Gasteiger partial charge is 0.478 e. The lowest BCUT2D eigenvalue weighted by atomic mass is 9.81. The summed E-state index contributed by atoms with van der Waals surface area (Å²) in [6.45, 7) is 6.23. The summed E-state index contributed by atoms with van der Waals surface area (Å²) in [5, 5.41) is 9.32. The van der Waals surface area contributed by atoms with Crippen LogP contribution in [-0.2, 0) is 10.8 Å². The average Bonchev–Trinajstić information content (AvgIpc) is 2.41. The number of aromatic carboxylic acids is 1. The van der Waals surface area contributed by atoms with Crippen molar-refractivity contribution in [3.05, 3.63) is 29.3 Å². The van der Waals surface area contributed by atoms with Crippen LogP contribution in [-0.4, -0.2) is 20.5 Å². The van der Waals surface area contributed by atoms with Crippen LogP contribution in [0.2, 0.25) is 0 Å². The second-order valence-corrected chi connectivity index (χ2v) is 7.70. The van der Waals surface area contributed by atoms with Crippen LogP contribution in [0.3, 0.4) is 0 Å². The van der Waals surface area contributed by atoms with Gasteiger partial charge in [-0.15, -0.1) is 0 Å². The van der Waals surface area contributed by atoms with Gasteiger partial charge in [0.2, 0.25) is 0 Å². The molecule has 1 aliphatic carbocycles. The number of hydrogen-bond acceptors (Lipinski definition) is 2. The van der Waals surface area contributed by atoms with Gasteiger partial charge in [-0.2, -0.15) is 0 Å². The van der Waals surface area contributed by atoms with Gasteiger partial charge in [0.05, 0.1) is 16.4 Å². The summed E-state index contributed by atoms with van der Waals surface area (Å²) >= 11 is 0. The van der Waals surface area contributed by atoms with Crippen LogP contribution in [0.5, 0.6) is 0 Å². The molecule has 4 unspecified atom stereocenters. The number of benzene rings is 1. The first-order valence-electron chi connectivity index (χ1n) is 7.14. The second kappa shape index (κ2) is 6.08. The highest BCUT2D eigenvalue weighted by molar-refractivity contribution is 7.85. The Morgan fingerprint density at radius 2 is 1.95 bits per heavy atom. The second-order valence-electron chi connectivity index (χ2n) is 5.97. The SMILES string of the molecule is Cc1ccc(S(=O)C2CCC(C)C(C)C2)cc1C(=O)O. The highest BCUT2D eigenvalue weighted by atomic mass is 32.2. The number of carboxylic acid groups (broad SMARTS) is 1. The number of hydrogen-bond donors (Lipinski definition) is 1. The third-order valence-electron chi connectivity index (χ3n) is 4.52. The maximum absolute atomic E-state index is 12.7. The number of carbonyl (C=O) groups is 1. The molecule has 20 heavy (non-hydrogen) atoms. The number of rotatable bonds is 3. The molecule has 0 aromatic heterocycles. The topological polar surface area (TPSA) is 54.4 Å². The third-order valence-corrected chi connectivity index (χ3v) is 6.28. The predicted octanol–water partition coefficient (Wildman–Crippen LogP) is 3.63. The minimum absolute atomic E-state index is 0.158. The molecule has 1 saturated carbocycles. The Hall–Kier alpha value is -1.16. The van der Waals surface area contributed by atoms with E-state index in [1.807, 2.05) is 0 Å². The van der Waals surface area contributed by atoms with Crippen molar-refractivity contribution < 1.29 is 14.1 Å². The van der Waals surface area contributed by atoms with Gasteiger partial charge in [-0.25, -0.2) is 4.79 Å². The van der Waals surface area contributed by atoms with Gasteiger partial charge in [0.25, 0.3) is 0 Å². The fraction of sp³-hybridized carbons (Fsp3) is 0.562. The molecule has 110 valence electrons. The van der Waals surface area contributed by atoms with E-state index in [1.54, 1.807) is 25.1 Å². The Balaban J connectivity index is 2.21. The Morgan fingerprint density at radius 1 is 1.25 bits per heavy atom. The van der Waals surface area contributed by atoms with Gasteiger partial charge in [0, 0.05) is 10.1 Å². The third kappa shape index (κ3) is 3.11. The Bertz CT molecular complexity index is 539. The fourth-order valence-electron chi connectivity index (χ4n) is 2.84. The van der Waals surface area contributed by atoms with Crippen molar-refractivity contribution in [1.82, 2.24) is 0 Å². The molecule has 0 heterocycles. The fourth-order valence-corrected chi connectivity index (χ4v) is 4.49. The first kappa shape index (κ1) is 15.2. The van der Waals surface area contributed by atoms with E-state index in [1.165, 1.54) is 0 Å². The molecule has 1 N–H and O–H groups in total. The van der Waals surface area contributed by atoms with E-state index in [2.05, 4.69) is 13.8 Å². The summed E-state index contributed by atoms with van der Waals surface area (Å²) in [4.78, 5) is 11.8. The molecule has 0 aliphatic heterocycles. The summed E-state index contributed by atoms with van der Waals surface area (Å²) in [7, 11) is -1.10. The van der Waals surface area contributed by atoms with Crippen LogP contribution in [0.25, 0.3) is 0 Å². The summed E-state index contributed by atoms with van der Waals surface area (Å²) < 4.78 is 12.7. The van der Waals surface area contributed by atoms with Gasteiger partial charge in [-0.05, 0) is 55.7 Å². The summed E-state index contributed by atoms with van der Waals surface area (Å²) in [6.07, 6.45) is 3.04. The van der Waals surface area contributed by atoms with Crippen molar-refractivity contribution in [2.24, 2.45) is 11.8 Å². The molecule has 1 aromatic rings. The number of aryl methyl sites for hydroxylation is 1. The molecule has 3 nitrogen and oxygen atoms in total. The normalized spacial score (nSPS) is 28.1. The van der Waals surface area contributed by atoms with E-state index < -0.39 is 16.8 Å². The lowest BCUT2D eigenvalue weighted by molar-refractivity contribution is 0.0696. The molecule has 1 aliphatic rings. The monoisotopic (exact) mass is 294 g/mol. The smallest absolute Gasteiger partial charge is 0.335 e. The molecule has 0 bridgehead atoms. The molecule has 0 spiro atoms. The van der Waals surface area contributed by atoms with Crippen molar-refractivity contribution in [2.45, 2.75) is 50.2 Å². The Labute approximate surface area is 122 Å². The zero-order chi connectivity index (χ0) is 14.9. The molecule has 4 atom stereocenters. The van der Waals surface area contributed by atoms with Gasteiger partial charge in [0.15, 0.2) is 0 Å². The van der Waals surface area contributed by atoms with Crippen molar-refractivity contribution in [1.29, 1.82) is 0 Å². The molecular weight excluding hydrogens is 272 g/mol. The standard InChI is InChI=1S/C16H22O3S/c1-10-4-6-13(8-12(10)3)20(19)14-7-5-11(2)15(9-14)16(17)18/h5,7,9-10,12-13H,4,6,8H2,1-3H3,(H,17,18). The lowest BCUT2D eigenvalue weighted by Gasteiger charge is -2.31. The molecule has 0 amide bonds. The first-order valence-corrected chi connectivity index (χ1v) is 8.36. The van der Waals surface area contributed by atoms with E-state index in [9.17, 15) is 9.00 Å². The van der Waals surface area contributed by atoms with Crippen molar-refractivity contribution in [3.63, 3.8) is 0 Å². The van der Waals surface area contributed by atoms with Gasteiger partial charge >= 0.3 is 5.97 Å². The summed E-state index contributed by atoms with van der Waals surface area (Å²) in [5.41, 5.74) is 0.969. The molecule has 1 aromatic carbocycles. The quantitative estimate of drug-likeness (QED) is 0.926. The first-order chi connectivity index (χ1) is 9.40. The van der Waals surface area contributed by atoms with Crippen LogP contribution in [0.1, 0.15) is 49.0 Å². The summed E-state index contributed by atoms with van der Waals surface area (Å²) in [5.74, 6) is 0.324. The number of carboxylic acids is 1. The van der Waals surface area contributed by atoms with Crippen LogP contribution in [0.4, 0.5) is 0 Å². The Kier molecular flexibility index (Phi) is 4.63. The summed E-state index contributed by atoms with van der Waals surface area (Å²) in [6, 6.07) is 5.14. The van der Waals surface area contributed by atoms with E-state index in [0.29, 0.717) is 22.3 Å². The maximum Gasteiger partial charge on any atom is 0.335 e. The zero-order valence-electron chi connectivity index (χ0n) is 12.3. The van der Waals surface area contributed by atoms with E-state index in [0.717, 1.165) is 19.3 Å². The van der Waals surface area contributed by atoms with Crippen LogP contribution in [0, 0.1) is 18.8 Å². The van der Waals surface area contributed by atoms with E-state index in [4.69, 9.17) is 5.11 Å². The van der Waals surface area contributed by atoms with Crippen LogP contribution < -0.4 is 0 Å². The Morgan fingerprint density at radius 3 is 2.55 bits per heavy atom. The highest BCUT2D eigenvalue weighted by Gasteiger charge is 2.29. The predicted molar refractivity (Wildman–Crippen MR) is 80.5 cm³/mol. The molecular formula is C16H22O3S. The average molecular weight is 294 g/mol. The molecule has 0 radical (unpaired) electrons. The molecule has 1 fully saturated rings. The molecule has 0 saturated heterocycles. The van der Waals surface area contributed by atoms with Gasteiger partial charge < -0.3 is 5.11 Å². The van der Waals surface area contributed by atoms with Crippen molar-refractivity contribution in [2.75, 3.05) is 0 Å². The van der Waals surface area contributed by atoms with Crippen molar-refractivity contribution in [3.8, 4) is 0 Å². The molecule has 2 rings (SSSR count).